The summed E-state index contributed by atoms with van der Waals surface area (Å²) in [6.07, 6.45) is 1.65. The Morgan fingerprint density at radius 2 is 2.21 bits per heavy atom. The first-order chi connectivity index (χ1) is 9.28. The maximum atomic E-state index is 9.21. The molecule has 0 bridgehead atoms. The van der Waals surface area contributed by atoms with E-state index in [1.165, 1.54) is 0 Å². The Hall–Kier alpha value is -2.41. The lowest BCUT2D eigenvalue weighted by Crippen LogP contribution is -2.22. The van der Waals surface area contributed by atoms with Crippen LogP contribution < -0.4 is 9.64 Å². The molecule has 0 fully saturated rings. The van der Waals surface area contributed by atoms with Crippen LogP contribution in [0.15, 0.2) is 41.0 Å². The van der Waals surface area contributed by atoms with Crippen LogP contribution in [-0.4, -0.2) is 13.7 Å². The molecule has 0 aliphatic carbocycles. The molecule has 98 valence electrons. The van der Waals surface area contributed by atoms with Gasteiger partial charge in [-0.1, -0.05) is 0 Å². The van der Waals surface area contributed by atoms with Gasteiger partial charge in [-0.2, -0.15) is 5.26 Å². The third kappa shape index (κ3) is 2.89. The van der Waals surface area contributed by atoms with Crippen molar-refractivity contribution < 1.29 is 9.15 Å². The zero-order chi connectivity index (χ0) is 13.7. The lowest BCUT2D eigenvalue weighted by atomic mass is 10.1. The fourth-order valence-corrected chi connectivity index (χ4v) is 1.95. The Kier molecular flexibility index (Phi) is 4.09. The van der Waals surface area contributed by atoms with Gasteiger partial charge in [0, 0.05) is 12.6 Å². The average Bonchev–Trinajstić information content (AvgIpc) is 2.97. The third-order valence-electron chi connectivity index (χ3n) is 2.97. The van der Waals surface area contributed by atoms with E-state index >= 15 is 0 Å². The molecule has 0 saturated heterocycles. The molecule has 0 radical (unpaired) electrons. The molecule has 1 aromatic heterocycles. The van der Waals surface area contributed by atoms with Crippen LogP contribution in [-0.2, 0) is 6.54 Å². The second-order valence-corrected chi connectivity index (χ2v) is 4.09. The van der Waals surface area contributed by atoms with Gasteiger partial charge >= 0.3 is 0 Å². The van der Waals surface area contributed by atoms with Gasteiger partial charge in [0.1, 0.15) is 17.6 Å². The van der Waals surface area contributed by atoms with E-state index in [0.717, 1.165) is 23.7 Å². The number of anilines is 1. The molecule has 0 N–H and O–H groups in total. The van der Waals surface area contributed by atoms with E-state index < -0.39 is 0 Å². The molecule has 1 heterocycles. The highest BCUT2D eigenvalue weighted by atomic mass is 16.5. The monoisotopic (exact) mass is 256 g/mol. The number of nitriles is 1. The molecule has 0 saturated carbocycles. The van der Waals surface area contributed by atoms with Gasteiger partial charge in [0.05, 0.1) is 31.2 Å². The topological polar surface area (TPSA) is 49.4 Å². The number of methoxy groups -OCH3 is 1. The molecule has 0 aliphatic heterocycles. The van der Waals surface area contributed by atoms with Crippen LogP contribution in [0.4, 0.5) is 5.69 Å². The zero-order valence-electron chi connectivity index (χ0n) is 11.1. The van der Waals surface area contributed by atoms with Crippen molar-refractivity contribution in [2.75, 3.05) is 18.6 Å². The molecular formula is C15H16N2O2. The van der Waals surface area contributed by atoms with Gasteiger partial charge in [-0.3, -0.25) is 0 Å². The normalized spacial score (nSPS) is 9.95. The Labute approximate surface area is 112 Å². The first kappa shape index (κ1) is 13.0. The van der Waals surface area contributed by atoms with Gasteiger partial charge in [0.25, 0.3) is 0 Å². The molecular weight excluding hydrogens is 240 g/mol. The predicted octanol–water partition coefficient (Wildman–Crippen LogP) is 3.19. The number of furan rings is 1. The van der Waals surface area contributed by atoms with Crippen molar-refractivity contribution in [1.29, 1.82) is 5.26 Å². The fourth-order valence-electron chi connectivity index (χ4n) is 1.95. The van der Waals surface area contributed by atoms with E-state index in [1.54, 1.807) is 25.5 Å². The van der Waals surface area contributed by atoms with Gasteiger partial charge in [-0.05, 0) is 31.2 Å². The summed E-state index contributed by atoms with van der Waals surface area (Å²) in [6.45, 7) is 3.46. The standard InChI is InChI=1S/C15H16N2O2/c1-3-17(11-14-5-4-8-19-14)15-9-13(18-2)7-6-12(15)10-16/h4-9H,3,11H2,1-2H3. The molecule has 0 unspecified atom stereocenters. The summed E-state index contributed by atoms with van der Waals surface area (Å²) in [7, 11) is 1.62. The minimum atomic E-state index is 0.630. The quantitative estimate of drug-likeness (QED) is 0.824. The minimum absolute atomic E-state index is 0.630. The van der Waals surface area contributed by atoms with Crippen LogP contribution in [0, 0.1) is 11.3 Å². The Morgan fingerprint density at radius 1 is 1.37 bits per heavy atom. The Bertz CT molecular complexity index is 570. The van der Waals surface area contributed by atoms with Crippen molar-refractivity contribution in [2.45, 2.75) is 13.5 Å². The van der Waals surface area contributed by atoms with Gasteiger partial charge in [0.2, 0.25) is 0 Å². The SMILES string of the molecule is CCN(Cc1ccco1)c1cc(OC)ccc1C#N. The van der Waals surface area contributed by atoms with Crippen molar-refractivity contribution in [1.82, 2.24) is 0 Å². The van der Waals surface area contributed by atoms with Crippen LogP contribution in [0.1, 0.15) is 18.2 Å². The molecule has 0 atom stereocenters. The highest BCUT2D eigenvalue weighted by Crippen LogP contribution is 2.27. The third-order valence-corrected chi connectivity index (χ3v) is 2.97. The van der Waals surface area contributed by atoms with Crippen molar-refractivity contribution in [3.63, 3.8) is 0 Å². The number of rotatable bonds is 5. The van der Waals surface area contributed by atoms with Gasteiger partial charge in [-0.25, -0.2) is 0 Å². The average molecular weight is 256 g/mol. The van der Waals surface area contributed by atoms with Crippen molar-refractivity contribution in [3.8, 4) is 11.8 Å². The molecule has 0 amide bonds. The van der Waals surface area contributed by atoms with Crippen LogP contribution in [0.25, 0.3) is 0 Å². The van der Waals surface area contributed by atoms with Crippen molar-refractivity contribution in [3.05, 3.63) is 47.9 Å². The summed E-state index contributed by atoms with van der Waals surface area (Å²) < 4.78 is 10.6. The lowest BCUT2D eigenvalue weighted by Gasteiger charge is -2.23. The minimum Gasteiger partial charge on any atom is -0.497 e. The van der Waals surface area contributed by atoms with Crippen LogP contribution in [0.2, 0.25) is 0 Å². The second-order valence-electron chi connectivity index (χ2n) is 4.09. The summed E-state index contributed by atoms with van der Waals surface area (Å²) in [6, 6.07) is 11.5. The number of nitrogens with zero attached hydrogens (tertiary/aromatic N) is 2. The smallest absolute Gasteiger partial charge is 0.123 e. The van der Waals surface area contributed by atoms with Crippen LogP contribution in [0.5, 0.6) is 5.75 Å². The highest BCUT2D eigenvalue weighted by molar-refractivity contribution is 5.62. The molecule has 2 aromatic rings. The Balaban J connectivity index is 2.33. The van der Waals surface area contributed by atoms with E-state index in [4.69, 9.17) is 9.15 Å². The molecule has 2 rings (SSSR count). The fraction of sp³-hybridized carbons (Fsp3) is 0.267. The van der Waals surface area contributed by atoms with Crippen molar-refractivity contribution >= 4 is 5.69 Å². The first-order valence-electron chi connectivity index (χ1n) is 6.14. The summed E-state index contributed by atoms with van der Waals surface area (Å²) in [5.41, 5.74) is 1.50. The zero-order valence-corrected chi connectivity index (χ0v) is 11.1. The van der Waals surface area contributed by atoms with E-state index in [9.17, 15) is 5.26 Å². The summed E-state index contributed by atoms with van der Waals surface area (Å²) in [5, 5.41) is 9.21. The molecule has 1 aromatic carbocycles. The highest BCUT2D eigenvalue weighted by Gasteiger charge is 2.12. The molecule has 4 nitrogen and oxygen atoms in total. The largest absolute Gasteiger partial charge is 0.497 e. The predicted molar refractivity (Wildman–Crippen MR) is 73.1 cm³/mol. The molecule has 4 heteroatoms. The Morgan fingerprint density at radius 3 is 2.79 bits per heavy atom. The number of benzene rings is 1. The van der Waals surface area contributed by atoms with E-state index in [2.05, 4.69) is 11.0 Å². The summed E-state index contributed by atoms with van der Waals surface area (Å²) in [4.78, 5) is 2.08. The number of ether oxygens (including phenoxy) is 1. The van der Waals surface area contributed by atoms with E-state index in [0.29, 0.717) is 12.1 Å². The number of hydrogen-bond donors (Lipinski definition) is 0. The first-order valence-corrected chi connectivity index (χ1v) is 6.14. The maximum Gasteiger partial charge on any atom is 0.123 e. The van der Waals surface area contributed by atoms with E-state index in [1.807, 2.05) is 25.1 Å². The van der Waals surface area contributed by atoms with Crippen molar-refractivity contribution in [2.24, 2.45) is 0 Å². The maximum absolute atomic E-state index is 9.21. The van der Waals surface area contributed by atoms with E-state index in [-0.39, 0.29) is 0 Å². The lowest BCUT2D eigenvalue weighted by molar-refractivity contribution is 0.414. The summed E-state index contributed by atoms with van der Waals surface area (Å²) in [5.74, 6) is 1.61. The second kappa shape index (κ2) is 5.96. The summed E-state index contributed by atoms with van der Waals surface area (Å²) >= 11 is 0. The van der Waals surface area contributed by atoms with Gasteiger partial charge in [0.15, 0.2) is 0 Å². The number of hydrogen-bond acceptors (Lipinski definition) is 4. The molecule has 0 aliphatic rings. The van der Waals surface area contributed by atoms with Gasteiger partial charge < -0.3 is 14.1 Å². The molecule has 0 spiro atoms. The molecule has 19 heavy (non-hydrogen) atoms. The van der Waals surface area contributed by atoms with Gasteiger partial charge in [-0.15, -0.1) is 0 Å². The van der Waals surface area contributed by atoms with Crippen LogP contribution in [0.3, 0.4) is 0 Å². The van der Waals surface area contributed by atoms with Crippen LogP contribution >= 0.6 is 0 Å².